The van der Waals surface area contributed by atoms with Gasteiger partial charge in [0, 0.05) is 0 Å². The van der Waals surface area contributed by atoms with Crippen molar-refractivity contribution in [2.24, 2.45) is 0 Å². The normalized spacial score (nSPS) is 13.6. The zero-order chi connectivity index (χ0) is 11.9. The molecule has 0 atom stereocenters. The quantitative estimate of drug-likeness (QED) is 0.611. The Morgan fingerprint density at radius 1 is 1.31 bits per heavy atom. The third-order valence-electron chi connectivity index (χ3n) is 2.75. The molecule has 1 aliphatic rings. The van der Waals surface area contributed by atoms with Crippen molar-refractivity contribution in [3.8, 4) is 5.75 Å². The number of phenols is 1. The van der Waals surface area contributed by atoms with Gasteiger partial charge in [-0.1, -0.05) is 11.6 Å². The third kappa shape index (κ3) is 1.55. The summed E-state index contributed by atoms with van der Waals surface area (Å²) in [5.41, 5.74) is 1.45. The molecule has 0 unspecified atom stereocenters. The van der Waals surface area contributed by atoms with Gasteiger partial charge in [-0.05, 0) is 36.5 Å². The molecule has 0 heterocycles. The average molecular weight is 241 g/mol. The molecule has 16 heavy (non-hydrogen) atoms. The Hall–Kier alpha value is -1.55. The first-order valence-electron chi connectivity index (χ1n) is 4.83. The van der Waals surface area contributed by atoms with Crippen LogP contribution in [0, 0.1) is 0 Å². The van der Waals surface area contributed by atoms with E-state index in [1.54, 1.807) is 0 Å². The molecule has 1 aliphatic carbocycles. The average Bonchev–Trinajstić information content (AvgIpc) is 2.70. The molecule has 0 bridgehead atoms. The van der Waals surface area contributed by atoms with E-state index in [0.29, 0.717) is 0 Å². The topological polar surface area (TPSA) is 74.6 Å². The summed E-state index contributed by atoms with van der Waals surface area (Å²) in [7, 11) is 0. The molecule has 4 nitrogen and oxygen atoms in total. The molecular weight excluding hydrogens is 232 g/mol. The van der Waals surface area contributed by atoms with Crippen LogP contribution in [-0.4, -0.2) is 22.0 Å². The molecule has 0 aromatic heterocycles. The van der Waals surface area contributed by atoms with Gasteiger partial charge in [0.15, 0.2) is 0 Å². The number of benzene rings is 1. The van der Waals surface area contributed by atoms with Crippen molar-refractivity contribution in [1.29, 1.82) is 0 Å². The van der Waals surface area contributed by atoms with Gasteiger partial charge in [0.25, 0.3) is 5.78 Å². The van der Waals surface area contributed by atoms with Crippen molar-refractivity contribution < 1.29 is 19.8 Å². The summed E-state index contributed by atoms with van der Waals surface area (Å²) in [5.74, 6) is -3.15. The van der Waals surface area contributed by atoms with Gasteiger partial charge in [-0.15, -0.1) is 0 Å². The fourth-order valence-electron chi connectivity index (χ4n) is 1.97. The van der Waals surface area contributed by atoms with Gasteiger partial charge >= 0.3 is 5.97 Å². The molecule has 5 heteroatoms. The molecule has 0 saturated heterocycles. The highest BCUT2D eigenvalue weighted by Gasteiger charge is 2.26. The lowest BCUT2D eigenvalue weighted by Gasteiger charge is -2.08. The molecule has 0 fully saturated rings. The van der Waals surface area contributed by atoms with Crippen LogP contribution in [0.1, 0.15) is 27.9 Å². The summed E-state index contributed by atoms with van der Waals surface area (Å²) in [5, 5.41) is 18.4. The van der Waals surface area contributed by atoms with Gasteiger partial charge in [0.2, 0.25) is 0 Å². The first-order valence-corrected chi connectivity index (χ1v) is 5.21. The maximum Gasteiger partial charge on any atom is 0.377 e. The highest BCUT2D eigenvalue weighted by molar-refractivity contribution is 6.42. The van der Waals surface area contributed by atoms with Gasteiger partial charge in [-0.3, -0.25) is 4.79 Å². The van der Waals surface area contributed by atoms with Crippen molar-refractivity contribution in [2.45, 2.75) is 19.3 Å². The molecular formula is C11H9ClO4. The number of hydrogen-bond acceptors (Lipinski definition) is 3. The highest BCUT2D eigenvalue weighted by Crippen LogP contribution is 2.38. The summed E-state index contributed by atoms with van der Waals surface area (Å²) in [6, 6.07) is 1.43. The van der Waals surface area contributed by atoms with Crippen LogP contribution in [0.5, 0.6) is 5.75 Å². The zero-order valence-corrected chi connectivity index (χ0v) is 9.04. The van der Waals surface area contributed by atoms with E-state index in [1.807, 2.05) is 0 Å². The van der Waals surface area contributed by atoms with Crippen molar-refractivity contribution in [2.75, 3.05) is 0 Å². The molecule has 0 radical (unpaired) electrons. The number of aliphatic carboxylic acids is 1. The molecule has 2 N–H and O–H groups in total. The van der Waals surface area contributed by atoms with E-state index in [0.717, 1.165) is 30.4 Å². The number of ketones is 1. The lowest BCUT2D eigenvalue weighted by Crippen LogP contribution is -2.13. The lowest BCUT2D eigenvalue weighted by molar-refractivity contribution is -0.131. The Labute approximate surface area is 96.5 Å². The standard InChI is InChI=1S/C11H9ClO4/c12-8-6-3-1-2-5(6)4-7(9(8)13)10(14)11(15)16/h4,13H,1-3H2,(H,15,16). The SMILES string of the molecule is O=C(O)C(=O)c1cc2c(c(Cl)c1O)CCC2. The van der Waals surface area contributed by atoms with Crippen LogP contribution in [0.25, 0.3) is 0 Å². The molecule has 2 rings (SSSR count). The van der Waals surface area contributed by atoms with Crippen LogP contribution in [0.3, 0.4) is 0 Å². The number of rotatable bonds is 2. The van der Waals surface area contributed by atoms with Gasteiger partial charge in [-0.2, -0.15) is 0 Å². The van der Waals surface area contributed by atoms with Gasteiger partial charge in [0.1, 0.15) is 5.75 Å². The summed E-state index contributed by atoms with van der Waals surface area (Å²) >= 11 is 5.90. The second-order valence-electron chi connectivity index (χ2n) is 3.71. The van der Waals surface area contributed by atoms with Crippen LogP contribution in [-0.2, 0) is 17.6 Å². The molecule has 1 aromatic carbocycles. The number of carbonyl (C=O) groups is 2. The second kappa shape index (κ2) is 3.79. The third-order valence-corrected chi connectivity index (χ3v) is 3.15. The van der Waals surface area contributed by atoms with Crippen molar-refractivity contribution in [1.82, 2.24) is 0 Å². The number of fused-ring (bicyclic) bond motifs is 1. The Balaban J connectivity index is 2.60. The summed E-state index contributed by atoms with van der Waals surface area (Å²) in [6.07, 6.45) is 2.41. The first-order chi connectivity index (χ1) is 7.52. The van der Waals surface area contributed by atoms with Crippen LogP contribution >= 0.6 is 11.6 Å². The monoisotopic (exact) mass is 240 g/mol. The van der Waals surface area contributed by atoms with Crippen LogP contribution < -0.4 is 0 Å². The van der Waals surface area contributed by atoms with E-state index in [-0.39, 0.29) is 10.6 Å². The van der Waals surface area contributed by atoms with E-state index in [4.69, 9.17) is 16.7 Å². The lowest BCUT2D eigenvalue weighted by atomic mass is 10.0. The fourth-order valence-corrected chi connectivity index (χ4v) is 2.29. The van der Waals surface area contributed by atoms with Gasteiger partial charge in [-0.25, -0.2) is 4.79 Å². The number of aryl methyl sites for hydroxylation is 1. The molecule has 0 spiro atoms. The zero-order valence-electron chi connectivity index (χ0n) is 8.29. The number of Topliss-reactive ketones (excluding diaryl/α,β-unsaturated/α-hetero) is 1. The molecule has 1 aromatic rings. The van der Waals surface area contributed by atoms with E-state index >= 15 is 0 Å². The number of hydrogen-bond donors (Lipinski definition) is 2. The summed E-state index contributed by atoms with van der Waals surface area (Å²) in [4.78, 5) is 21.9. The number of carboxylic acid groups (broad SMARTS) is 1. The van der Waals surface area contributed by atoms with Crippen LogP contribution in [0.4, 0.5) is 0 Å². The number of halogens is 1. The predicted molar refractivity (Wildman–Crippen MR) is 57.1 cm³/mol. The Morgan fingerprint density at radius 3 is 2.62 bits per heavy atom. The largest absolute Gasteiger partial charge is 0.506 e. The minimum Gasteiger partial charge on any atom is -0.506 e. The molecule has 0 amide bonds. The Bertz CT molecular complexity index is 493. The van der Waals surface area contributed by atoms with E-state index in [1.165, 1.54) is 6.07 Å². The smallest absolute Gasteiger partial charge is 0.377 e. The maximum atomic E-state index is 11.3. The van der Waals surface area contributed by atoms with Gasteiger partial charge in [0.05, 0.1) is 10.6 Å². The minimum absolute atomic E-state index is 0.111. The number of carboxylic acids is 1. The second-order valence-corrected chi connectivity index (χ2v) is 4.09. The van der Waals surface area contributed by atoms with E-state index in [9.17, 15) is 14.7 Å². The number of carbonyl (C=O) groups excluding carboxylic acids is 1. The summed E-state index contributed by atoms with van der Waals surface area (Å²) in [6.45, 7) is 0. The summed E-state index contributed by atoms with van der Waals surface area (Å²) < 4.78 is 0. The van der Waals surface area contributed by atoms with Crippen molar-refractivity contribution in [3.05, 3.63) is 27.8 Å². The fraction of sp³-hybridized carbons (Fsp3) is 0.273. The molecule has 84 valence electrons. The highest BCUT2D eigenvalue weighted by atomic mass is 35.5. The molecule has 0 saturated carbocycles. The van der Waals surface area contributed by atoms with Crippen LogP contribution in [0.2, 0.25) is 5.02 Å². The van der Waals surface area contributed by atoms with E-state index < -0.39 is 17.5 Å². The maximum absolute atomic E-state index is 11.3. The minimum atomic E-state index is -1.59. The predicted octanol–water partition coefficient (Wildman–Crippen LogP) is 1.80. The molecule has 0 aliphatic heterocycles. The van der Waals surface area contributed by atoms with Crippen LogP contribution in [0.15, 0.2) is 6.07 Å². The Kier molecular flexibility index (Phi) is 2.59. The van der Waals surface area contributed by atoms with Crippen molar-refractivity contribution in [3.63, 3.8) is 0 Å². The number of phenolic OH excluding ortho intramolecular Hbond substituents is 1. The Morgan fingerprint density at radius 2 is 2.00 bits per heavy atom. The first kappa shape index (κ1) is 11.0. The van der Waals surface area contributed by atoms with E-state index in [2.05, 4.69) is 0 Å². The van der Waals surface area contributed by atoms with Crippen molar-refractivity contribution >= 4 is 23.4 Å². The number of aromatic hydroxyl groups is 1. The van der Waals surface area contributed by atoms with Gasteiger partial charge < -0.3 is 10.2 Å².